The molecule has 34 heavy (non-hydrogen) atoms. The number of amides is 3. The Morgan fingerprint density at radius 2 is 1.62 bits per heavy atom. The van der Waals surface area contributed by atoms with Gasteiger partial charge in [-0.2, -0.15) is 0 Å². The molecule has 2 aromatic carbocycles. The van der Waals surface area contributed by atoms with Gasteiger partial charge >= 0.3 is 5.97 Å². The molecule has 174 valence electrons. The summed E-state index contributed by atoms with van der Waals surface area (Å²) in [6, 6.07) is 14.0. The largest absolute Gasteiger partial charge is 0.426 e. The molecule has 0 N–H and O–H groups in total. The Kier molecular flexibility index (Phi) is 5.55. The Morgan fingerprint density at radius 1 is 0.941 bits per heavy atom. The van der Waals surface area contributed by atoms with Crippen LogP contribution in [0, 0.1) is 30.6 Å². The molecule has 7 heteroatoms. The van der Waals surface area contributed by atoms with E-state index in [2.05, 4.69) is 0 Å². The van der Waals surface area contributed by atoms with E-state index in [1.807, 2.05) is 50.3 Å². The highest BCUT2D eigenvalue weighted by molar-refractivity contribution is 6.22. The molecule has 2 aromatic rings. The number of hydrogen-bond acceptors (Lipinski definition) is 5. The van der Waals surface area contributed by atoms with Gasteiger partial charge < -0.3 is 9.64 Å². The highest BCUT2D eigenvalue weighted by Gasteiger charge is 2.50. The minimum atomic E-state index is -0.563. The van der Waals surface area contributed by atoms with Crippen LogP contribution in [0.4, 0.5) is 11.4 Å². The van der Waals surface area contributed by atoms with Crippen LogP contribution in [0.25, 0.3) is 0 Å². The number of benzene rings is 2. The van der Waals surface area contributed by atoms with E-state index >= 15 is 0 Å². The van der Waals surface area contributed by atoms with E-state index in [9.17, 15) is 19.2 Å². The van der Waals surface area contributed by atoms with Gasteiger partial charge in [0, 0.05) is 18.7 Å². The van der Waals surface area contributed by atoms with Crippen LogP contribution in [0.3, 0.4) is 0 Å². The van der Waals surface area contributed by atoms with Gasteiger partial charge in [-0.05, 0) is 55.7 Å². The first-order valence-corrected chi connectivity index (χ1v) is 11.6. The number of aryl methyl sites for hydroxylation is 1. The normalized spacial score (nSPS) is 26.2. The molecule has 4 atom stereocenters. The fraction of sp³-hybridized carbons (Fsp3) is 0.333. The number of ether oxygens (including phenoxy) is 1. The fourth-order valence-corrected chi connectivity index (χ4v) is 5.10. The van der Waals surface area contributed by atoms with E-state index in [1.165, 1.54) is 4.90 Å². The maximum Gasteiger partial charge on any atom is 0.316 e. The van der Waals surface area contributed by atoms with Gasteiger partial charge in [-0.1, -0.05) is 36.8 Å². The zero-order valence-corrected chi connectivity index (χ0v) is 19.1. The average Bonchev–Trinajstić information content (AvgIpc) is 3.33. The number of rotatable bonds is 4. The number of carbonyl (C=O) groups is 4. The van der Waals surface area contributed by atoms with Crippen LogP contribution in [-0.2, 0) is 19.2 Å². The summed E-state index contributed by atoms with van der Waals surface area (Å²) in [5.41, 5.74) is 2.33. The molecular weight excluding hydrogens is 432 g/mol. The zero-order chi connectivity index (χ0) is 24.0. The van der Waals surface area contributed by atoms with E-state index in [1.54, 1.807) is 29.2 Å². The summed E-state index contributed by atoms with van der Waals surface area (Å²) < 4.78 is 5.52. The lowest BCUT2D eigenvalue weighted by molar-refractivity contribution is -0.139. The molecule has 2 fully saturated rings. The quantitative estimate of drug-likeness (QED) is 0.302. The number of imide groups is 1. The molecule has 3 aliphatic rings. The number of fused-ring (bicyclic) bond motifs is 1. The summed E-state index contributed by atoms with van der Waals surface area (Å²) in [5, 5.41) is 0. The number of esters is 1. The van der Waals surface area contributed by atoms with E-state index in [0.717, 1.165) is 11.3 Å². The molecule has 2 saturated heterocycles. The van der Waals surface area contributed by atoms with Crippen LogP contribution in [0.5, 0.6) is 5.75 Å². The maximum atomic E-state index is 12.9. The van der Waals surface area contributed by atoms with Crippen molar-refractivity contribution in [1.29, 1.82) is 0 Å². The van der Waals surface area contributed by atoms with Crippen molar-refractivity contribution >= 4 is 35.1 Å². The average molecular weight is 459 g/mol. The van der Waals surface area contributed by atoms with Gasteiger partial charge in [0.25, 0.3) is 0 Å². The summed E-state index contributed by atoms with van der Waals surface area (Å²) in [6.45, 7) is 4.20. The number of carbonyl (C=O) groups excluding carboxylic acids is 4. The fourth-order valence-electron chi connectivity index (χ4n) is 5.10. The van der Waals surface area contributed by atoms with Gasteiger partial charge in [0.2, 0.25) is 17.7 Å². The predicted molar refractivity (Wildman–Crippen MR) is 126 cm³/mol. The van der Waals surface area contributed by atoms with Crippen molar-refractivity contribution in [3.63, 3.8) is 0 Å². The monoisotopic (exact) mass is 458 g/mol. The lowest BCUT2D eigenvalue weighted by atomic mass is 9.78. The Bertz CT molecular complexity index is 1180. The summed E-state index contributed by atoms with van der Waals surface area (Å²) in [5.74, 6) is -1.84. The molecule has 5 rings (SSSR count). The van der Waals surface area contributed by atoms with Gasteiger partial charge in [-0.3, -0.25) is 24.1 Å². The van der Waals surface area contributed by atoms with Crippen LogP contribution >= 0.6 is 0 Å². The molecule has 0 aromatic heterocycles. The highest BCUT2D eigenvalue weighted by atomic mass is 16.5. The number of anilines is 2. The molecule has 2 heterocycles. The topological polar surface area (TPSA) is 84.0 Å². The third kappa shape index (κ3) is 3.81. The van der Waals surface area contributed by atoms with Gasteiger partial charge in [-0.25, -0.2) is 0 Å². The molecule has 0 spiro atoms. The molecule has 7 nitrogen and oxygen atoms in total. The summed E-state index contributed by atoms with van der Waals surface area (Å²) in [4.78, 5) is 53.8. The standard InChI is InChI=1S/C27H26N2O5/c1-16-6-8-19(9-7-16)28-15-18(14-23(28)30)27(33)34-21-12-10-20(11-13-21)29-25(31)22-5-3-4-17(2)24(22)26(29)32/h3-4,6-13,17-18,22,24H,5,14-15H2,1-2H3/t17-,18-,22-,24-/m0/s1. The van der Waals surface area contributed by atoms with Crippen molar-refractivity contribution in [2.45, 2.75) is 26.7 Å². The lowest BCUT2D eigenvalue weighted by Crippen LogP contribution is -2.31. The summed E-state index contributed by atoms with van der Waals surface area (Å²) >= 11 is 0. The maximum absolute atomic E-state index is 12.9. The minimum absolute atomic E-state index is 0.0222. The minimum Gasteiger partial charge on any atom is -0.426 e. The summed E-state index contributed by atoms with van der Waals surface area (Å²) in [7, 11) is 0. The Labute approximate surface area is 198 Å². The number of nitrogens with zero attached hydrogens (tertiary/aromatic N) is 2. The van der Waals surface area contributed by atoms with Gasteiger partial charge in [-0.15, -0.1) is 0 Å². The molecule has 0 radical (unpaired) electrons. The van der Waals surface area contributed by atoms with Crippen LogP contribution in [0.15, 0.2) is 60.7 Å². The number of hydrogen-bond donors (Lipinski definition) is 0. The first kappa shape index (κ1) is 22.1. The van der Waals surface area contributed by atoms with Crippen molar-refractivity contribution in [1.82, 2.24) is 0 Å². The highest BCUT2D eigenvalue weighted by Crippen LogP contribution is 2.40. The van der Waals surface area contributed by atoms with Crippen LogP contribution in [0.2, 0.25) is 0 Å². The molecule has 0 saturated carbocycles. The van der Waals surface area contributed by atoms with Crippen LogP contribution < -0.4 is 14.5 Å². The number of allylic oxidation sites excluding steroid dienone is 2. The van der Waals surface area contributed by atoms with Gasteiger partial charge in [0.15, 0.2) is 0 Å². The van der Waals surface area contributed by atoms with E-state index in [0.29, 0.717) is 17.9 Å². The molecule has 3 amide bonds. The third-order valence-corrected chi connectivity index (χ3v) is 6.99. The first-order chi connectivity index (χ1) is 16.3. The predicted octanol–water partition coefficient (Wildman–Crippen LogP) is 3.66. The molecule has 0 unspecified atom stereocenters. The summed E-state index contributed by atoms with van der Waals surface area (Å²) in [6.07, 6.45) is 4.63. The van der Waals surface area contributed by atoms with E-state index < -0.39 is 11.9 Å². The van der Waals surface area contributed by atoms with Crippen molar-refractivity contribution < 1.29 is 23.9 Å². The van der Waals surface area contributed by atoms with E-state index in [-0.39, 0.29) is 48.4 Å². The SMILES string of the molecule is Cc1ccc(N2C[C@@H](C(=O)Oc3ccc(N4C(=O)[C@@H]5[C@H](CC=C[C@@H]5C)C4=O)cc3)CC2=O)cc1. The van der Waals surface area contributed by atoms with Crippen LogP contribution in [0.1, 0.15) is 25.3 Å². The Balaban J connectivity index is 1.25. The lowest BCUT2D eigenvalue weighted by Gasteiger charge is -2.22. The van der Waals surface area contributed by atoms with Crippen LogP contribution in [-0.4, -0.2) is 30.2 Å². The van der Waals surface area contributed by atoms with Crippen molar-refractivity contribution in [3.05, 3.63) is 66.2 Å². The smallest absolute Gasteiger partial charge is 0.316 e. The molecule has 0 bridgehead atoms. The second-order valence-corrected chi connectivity index (χ2v) is 9.32. The second kappa shape index (κ2) is 8.56. The second-order valence-electron chi connectivity index (χ2n) is 9.32. The molecule has 1 aliphatic carbocycles. The van der Waals surface area contributed by atoms with Gasteiger partial charge in [0.1, 0.15) is 5.75 Å². The molecule has 2 aliphatic heterocycles. The first-order valence-electron chi connectivity index (χ1n) is 11.6. The molecular formula is C27H26N2O5. The van der Waals surface area contributed by atoms with Gasteiger partial charge in [0.05, 0.1) is 23.4 Å². The zero-order valence-electron chi connectivity index (χ0n) is 19.1. The van der Waals surface area contributed by atoms with Crippen molar-refractivity contribution in [2.24, 2.45) is 23.7 Å². The van der Waals surface area contributed by atoms with Crippen molar-refractivity contribution in [3.8, 4) is 5.75 Å². The Morgan fingerprint density at radius 3 is 2.29 bits per heavy atom. The Hall–Kier alpha value is -3.74. The van der Waals surface area contributed by atoms with E-state index in [4.69, 9.17) is 4.74 Å². The van der Waals surface area contributed by atoms with Crippen molar-refractivity contribution in [2.75, 3.05) is 16.3 Å². The third-order valence-electron chi connectivity index (χ3n) is 6.99.